The van der Waals surface area contributed by atoms with Gasteiger partial charge in [-0.3, -0.25) is 0 Å². The first-order valence-corrected chi connectivity index (χ1v) is 8.25. The molecule has 2 heteroatoms. The molecule has 0 radical (unpaired) electrons. The van der Waals surface area contributed by atoms with Crippen molar-refractivity contribution in [3.63, 3.8) is 0 Å². The van der Waals surface area contributed by atoms with Crippen molar-refractivity contribution in [2.24, 2.45) is 5.41 Å². The molecule has 1 aliphatic carbocycles. The standard InChI is InChI=1S/C19H30O2/c1-5-21-19(12-10-18(3,4)11-13-19)17(20)14-16-9-7-6-8-15(16)2/h6-9,17,20H,5,10-14H2,1-4H3. The Bertz CT molecular complexity index is 454. The molecule has 118 valence electrons. The first-order chi connectivity index (χ1) is 9.88. The molecule has 21 heavy (non-hydrogen) atoms. The molecule has 1 saturated carbocycles. The average molecular weight is 290 g/mol. The Morgan fingerprint density at radius 2 is 1.76 bits per heavy atom. The average Bonchev–Trinajstić information content (AvgIpc) is 2.44. The van der Waals surface area contributed by atoms with E-state index in [4.69, 9.17) is 4.74 Å². The summed E-state index contributed by atoms with van der Waals surface area (Å²) in [6.45, 7) is 9.44. The Balaban J connectivity index is 2.13. The van der Waals surface area contributed by atoms with Gasteiger partial charge in [0.05, 0.1) is 11.7 Å². The first-order valence-electron chi connectivity index (χ1n) is 8.25. The molecule has 1 N–H and O–H groups in total. The fourth-order valence-corrected chi connectivity index (χ4v) is 3.44. The number of hydrogen-bond donors (Lipinski definition) is 1. The molecule has 1 aromatic rings. The first kappa shape index (κ1) is 16.5. The summed E-state index contributed by atoms with van der Waals surface area (Å²) >= 11 is 0. The number of ether oxygens (including phenoxy) is 1. The van der Waals surface area contributed by atoms with E-state index < -0.39 is 6.10 Å². The molecule has 0 amide bonds. The summed E-state index contributed by atoms with van der Waals surface area (Å²) in [5, 5.41) is 10.9. The molecule has 2 rings (SSSR count). The molecule has 1 unspecified atom stereocenters. The van der Waals surface area contributed by atoms with Gasteiger partial charge in [-0.2, -0.15) is 0 Å². The highest BCUT2D eigenvalue weighted by atomic mass is 16.5. The minimum Gasteiger partial charge on any atom is -0.390 e. The zero-order valence-corrected chi connectivity index (χ0v) is 14.0. The summed E-state index contributed by atoms with van der Waals surface area (Å²) in [6, 6.07) is 8.32. The van der Waals surface area contributed by atoms with Gasteiger partial charge in [-0.05, 0) is 56.1 Å². The zero-order valence-electron chi connectivity index (χ0n) is 14.0. The van der Waals surface area contributed by atoms with Crippen molar-refractivity contribution >= 4 is 0 Å². The maximum Gasteiger partial charge on any atom is 0.0943 e. The van der Waals surface area contributed by atoms with Gasteiger partial charge >= 0.3 is 0 Å². The van der Waals surface area contributed by atoms with Crippen LogP contribution in [0, 0.1) is 12.3 Å². The topological polar surface area (TPSA) is 29.5 Å². The molecule has 0 aromatic heterocycles. The minimum absolute atomic E-state index is 0.355. The third-order valence-electron chi connectivity index (χ3n) is 5.16. The van der Waals surface area contributed by atoms with Crippen molar-refractivity contribution in [1.29, 1.82) is 0 Å². The SMILES string of the molecule is CCOC1(C(O)Cc2ccccc2C)CCC(C)(C)CC1. The third-order valence-corrected chi connectivity index (χ3v) is 5.16. The minimum atomic E-state index is -0.422. The van der Waals surface area contributed by atoms with Gasteiger partial charge in [0.15, 0.2) is 0 Å². The molecule has 0 saturated heterocycles. The summed E-state index contributed by atoms with van der Waals surface area (Å²) in [4.78, 5) is 0. The van der Waals surface area contributed by atoms with E-state index in [-0.39, 0.29) is 5.60 Å². The van der Waals surface area contributed by atoms with Gasteiger partial charge in [0.25, 0.3) is 0 Å². The van der Waals surface area contributed by atoms with Crippen molar-refractivity contribution in [1.82, 2.24) is 0 Å². The van der Waals surface area contributed by atoms with E-state index in [1.165, 1.54) is 11.1 Å². The number of benzene rings is 1. The Labute approximate surface area is 129 Å². The van der Waals surface area contributed by atoms with Crippen LogP contribution in [0.5, 0.6) is 0 Å². The van der Waals surface area contributed by atoms with Gasteiger partial charge in [-0.25, -0.2) is 0 Å². The van der Waals surface area contributed by atoms with Crippen LogP contribution in [0.1, 0.15) is 57.6 Å². The summed E-state index contributed by atoms with van der Waals surface area (Å²) < 4.78 is 6.09. The highest BCUT2D eigenvalue weighted by molar-refractivity contribution is 5.26. The van der Waals surface area contributed by atoms with E-state index >= 15 is 0 Å². The summed E-state index contributed by atoms with van der Waals surface area (Å²) in [5.41, 5.74) is 2.50. The Kier molecular flexibility index (Phi) is 5.11. The van der Waals surface area contributed by atoms with Crippen molar-refractivity contribution < 1.29 is 9.84 Å². The third kappa shape index (κ3) is 3.87. The maximum atomic E-state index is 10.9. The van der Waals surface area contributed by atoms with E-state index in [1.54, 1.807) is 0 Å². The van der Waals surface area contributed by atoms with Crippen molar-refractivity contribution in [3.05, 3.63) is 35.4 Å². The molecular formula is C19H30O2. The van der Waals surface area contributed by atoms with Crippen LogP contribution < -0.4 is 0 Å². The number of aliphatic hydroxyl groups excluding tert-OH is 1. The Hall–Kier alpha value is -0.860. The van der Waals surface area contributed by atoms with Crippen LogP contribution in [0.15, 0.2) is 24.3 Å². The normalized spacial score (nSPS) is 22.0. The number of aryl methyl sites for hydroxylation is 1. The summed E-state index contributed by atoms with van der Waals surface area (Å²) in [6.07, 6.45) is 4.43. The van der Waals surface area contributed by atoms with Crippen LogP contribution in [0.25, 0.3) is 0 Å². The second-order valence-corrected chi connectivity index (χ2v) is 7.31. The van der Waals surface area contributed by atoms with E-state index in [0.29, 0.717) is 18.4 Å². The van der Waals surface area contributed by atoms with E-state index in [9.17, 15) is 5.11 Å². The summed E-state index contributed by atoms with van der Waals surface area (Å²) in [5.74, 6) is 0. The molecule has 0 bridgehead atoms. The van der Waals surface area contributed by atoms with Gasteiger partial charge < -0.3 is 9.84 Å². The fraction of sp³-hybridized carbons (Fsp3) is 0.684. The molecule has 1 aromatic carbocycles. The van der Waals surface area contributed by atoms with E-state index in [1.807, 2.05) is 19.1 Å². The van der Waals surface area contributed by atoms with Crippen molar-refractivity contribution in [2.75, 3.05) is 6.61 Å². The van der Waals surface area contributed by atoms with Gasteiger partial charge in [0, 0.05) is 13.0 Å². The quantitative estimate of drug-likeness (QED) is 0.877. The maximum absolute atomic E-state index is 10.9. The Morgan fingerprint density at radius 3 is 2.33 bits per heavy atom. The number of aliphatic hydroxyl groups is 1. The van der Waals surface area contributed by atoms with Crippen LogP contribution >= 0.6 is 0 Å². The molecule has 0 spiro atoms. The van der Waals surface area contributed by atoms with E-state index in [0.717, 1.165) is 25.7 Å². The van der Waals surface area contributed by atoms with Gasteiger partial charge in [-0.15, -0.1) is 0 Å². The van der Waals surface area contributed by atoms with Crippen LogP contribution in [0.2, 0.25) is 0 Å². The van der Waals surface area contributed by atoms with Gasteiger partial charge in [0.1, 0.15) is 0 Å². The van der Waals surface area contributed by atoms with Crippen molar-refractivity contribution in [3.8, 4) is 0 Å². The van der Waals surface area contributed by atoms with Gasteiger partial charge in [-0.1, -0.05) is 38.1 Å². The second kappa shape index (κ2) is 6.50. The predicted molar refractivity (Wildman–Crippen MR) is 87.5 cm³/mol. The molecule has 1 aliphatic rings. The van der Waals surface area contributed by atoms with Crippen molar-refractivity contribution in [2.45, 2.75) is 71.5 Å². The molecular weight excluding hydrogens is 260 g/mol. The zero-order chi connectivity index (χ0) is 15.5. The molecule has 2 nitrogen and oxygen atoms in total. The fourth-order valence-electron chi connectivity index (χ4n) is 3.44. The van der Waals surface area contributed by atoms with Crippen LogP contribution in [-0.4, -0.2) is 23.4 Å². The number of hydrogen-bond acceptors (Lipinski definition) is 2. The summed E-state index contributed by atoms with van der Waals surface area (Å²) in [7, 11) is 0. The lowest BCUT2D eigenvalue weighted by Gasteiger charge is -2.46. The van der Waals surface area contributed by atoms with Crippen LogP contribution in [0.3, 0.4) is 0 Å². The smallest absolute Gasteiger partial charge is 0.0943 e. The number of rotatable bonds is 5. The van der Waals surface area contributed by atoms with Gasteiger partial charge in [0.2, 0.25) is 0 Å². The highest BCUT2D eigenvalue weighted by Crippen LogP contribution is 2.44. The Morgan fingerprint density at radius 1 is 1.14 bits per heavy atom. The lowest BCUT2D eigenvalue weighted by atomic mass is 9.68. The predicted octanol–water partition coefficient (Wildman–Crippen LogP) is 4.27. The largest absolute Gasteiger partial charge is 0.390 e. The van der Waals surface area contributed by atoms with E-state index in [2.05, 4.69) is 32.9 Å². The molecule has 1 atom stereocenters. The van der Waals surface area contributed by atoms with Crippen LogP contribution in [-0.2, 0) is 11.2 Å². The lowest BCUT2D eigenvalue weighted by Crippen LogP contribution is -2.50. The molecule has 1 fully saturated rings. The second-order valence-electron chi connectivity index (χ2n) is 7.31. The molecule has 0 heterocycles. The molecule has 0 aliphatic heterocycles. The monoisotopic (exact) mass is 290 g/mol. The van der Waals surface area contributed by atoms with Crippen LogP contribution in [0.4, 0.5) is 0 Å². The lowest BCUT2D eigenvalue weighted by molar-refractivity contribution is -0.150. The highest BCUT2D eigenvalue weighted by Gasteiger charge is 2.44.